The molecule has 1 aromatic rings. The minimum Gasteiger partial charge on any atom is -0.475 e. The first-order valence-electron chi connectivity index (χ1n) is 9.58. The van der Waals surface area contributed by atoms with Crippen molar-refractivity contribution < 1.29 is 27.9 Å². The maximum Gasteiger partial charge on any atom is 0.490 e. The highest BCUT2D eigenvalue weighted by atomic mass is 19.4. The standard InChI is InChI=1S/C18H26N2O.C2HF3O2/c19-12-15-11-17(15)18(21)20(16-9-5-2-6-10-16)13-14-7-3-1-4-8-14;3-2(4,5)1(6)7/h1,3-4,7-8,15-17H,2,5-6,9-13,19H2;(H,6,7)/t15-,17-;/m0./s1. The molecule has 0 radical (unpaired) electrons. The van der Waals surface area contributed by atoms with Gasteiger partial charge in [-0.1, -0.05) is 49.6 Å². The van der Waals surface area contributed by atoms with Crippen LogP contribution < -0.4 is 5.73 Å². The van der Waals surface area contributed by atoms with Crippen LogP contribution in [0.4, 0.5) is 13.2 Å². The number of hydrogen-bond donors (Lipinski definition) is 2. The molecule has 0 aromatic heterocycles. The van der Waals surface area contributed by atoms with Crippen LogP contribution in [0.2, 0.25) is 0 Å². The SMILES string of the molecule is NC[C@@H]1C[C@@H]1C(=O)N(Cc1ccccc1)C1CCCCC1.O=C(O)C(F)(F)F. The average molecular weight is 400 g/mol. The van der Waals surface area contributed by atoms with Gasteiger partial charge < -0.3 is 15.7 Å². The van der Waals surface area contributed by atoms with Crippen LogP contribution in [-0.2, 0) is 16.1 Å². The number of aliphatic carboxylic acids is 1. The van der Waals surface area contributed by atoms with Crippen molar-refractivity contribution >= 4 is 11.9 Å². The number of rotatable bonds is 5. The Morgan fingerprint density at radius 1 is 1.11 bits per heavy atom. The summed E-state index contributed by atoms with van der Waals surface area (Å²) < 4.78 is 31.7. The number of nitrogens with zero attached hydrogens (tertiary/aromatic N) is 1. The van der Waals surface area contributed by atoms with Gasteiger partial charge in [0.1, 0.15) is 0 Å². The fourth-order valence-electron chi connectivity index (χ4n) is 3.58. The van der Waals surface area contributed by atoms with Crippen LogP contribution in [0.15, 0.2) is 30.3 Å². The van der Waals surface area contributed by atoms with Gasteiger partial charge in [0, 0.05) is 18.5 Å². The summed E-state index contributed by atoms with van der Waals surface area (Å²) in [5.41, 5.74) is 6.96. The predicted octanol–water partition coefficient (Wildman–Crippen LogP) is 3.58. The molecule has 1 aromatic carbocycles. The van der Waals surface area contributed by atoms with Crippen LogP contribution in [0.1, 0.15) is 44.1 Å². The molecule has 2 fully saturated rings. The highest BCUT2D eigenvalue weighted by Crippen LogP contribution is 2.40. The van der Waals surface area contributed by atoms with E-state index in [0.717, 1.165) is 13.0 Å². The van der Waals surface area contributed by atoms with E-state index in [9.17, 15) is 18.0 Å². The molecule has 3 rings (SSSR count). The molecule has 156 valence electrons. The molecule has 0 heterocycles. The van der Waals surface area contributed by atoms with Crippen molar-refractivity contribution in [3.63, 3.8) is 0 Å². The van der Waals surface area contributed by atoms with Crippen LogP contribution in [0.3, 0.4) is 0 Å². The predicted molar refractivity (Wildman–Crippen MR) is 98.2 cm³/mol. The van der Waals surface area contributed by atoms with Crippen molar-refractivity contribution in [3.8, 4) is 0 Å². The summed E-state index contributed by atoms with van der Waals surface area (Å²) >= 11 is 0. The first kappa shape index (κ1) is 22.2. The summed E-state index contributed by atoms with van der Waals surface area (Å²) in [5, 5.41) is 7.12. The van der Waals surface area contributed by atoms with Gasteiger partial charge in [-0.2, -0.15) is 13.2 Å². The quantitative estimate of drug-likeness (QED) is 0.791. The average Bonchev–Trinajstić information content (AvgIpc) is 3.47. The van der Waals surface area contributed by atoms with Gasteiger partial charge >= 0.3 is 12.1 Å². The molecule has 2 saturated carbocycles. The molecular formula is C20H27F3N2O3. The lowest BCUT2D eigenvalue weighted by Crippen LogP contribution is -2.42. The Labute approximate surface area is 162 Å². The highest BCUT2D eigenvalue weighted by molar-refractivity contribution is 5.82. The van der Waals surface area contributed by atoms with E-state index in [1.54, 1.807) is 0 Å². The smallest absolute Gasteiger partial charge is 0.475 e. The third kappa shape index (κ3) is 6.51. The molecule has 0 saturated heterocycles. The van der Waals surface area contributed by atoms with Crippen LogP contribution in [0.25, 0.3) is 0 Å². The molecule has 0 bridgehead atoms. The second kappa shape index (κ2) is 9.91. The van der Waals surface area contributed by atoms with Crippen LogP contribution >= 0.6 is 0 Å². The Bertz CT molecular complexity index is 646. The monoisotopic (exact) mass is 400 g/mol. The number of carboxylic acids is 1. The first-order chi connectivity index (χ1) is 13.2. The van der Waals surface area contributed by atoms with E-state index in [4.69, 9.17) is 15.6 Å². The number of carbonyl (C=O) groups excluding carboxylic acids is 1. The largest absolute Gasteiger partial charge is 0.490 e. The highest BCUT2D eigenvalue weighted by Gasteiger charge is 2.45. The lowest BCUT2D eigenvalue weighted by atomic mass is 9.93. The van der Waals surface area contributed by atoms with E-state index in [0.29, 0.717) is 24.4 Å². The summed E-state index contributed by atoms with van der Waals surface area (Å²) in [6.07, 6.45) is 2.08. The van der Waals surface area contributed by atoms with Crippen molar-refractivity contribution in [1.82, 2.24) is 4.90 Å². The summed E-state index contributed by atoms with van der Waals surface area (Å²) in [6, 6.07) is 10.8. The summed E-state index contributed by atoms with van der Waals surface area (Å²) in [6.45, 7) is 1.42. The second-order valence-electron chi connectivity index (χ2n) is 7.38. The maximum atomic E-state index is 12.8. The molecule has 0 unspecified atom stereocenters. The lowest BCUT2D eigenvalue weighted by Gasteiger charge is -2.35. The molecule has 8 heteroatoms. The van der Waals surface area contributed by atoms with Gasteiger partial charge in [0.2, 0.25) is 5.91 Å². The number of carbonyl (C=O) groups is 2. The molecule has 2 aliphatic carbocycles. The van der Waals surface area contributed by atoms with Gasteiger partial charge in [0.15, 0.2) is 0 Å². The lowest BCUT2D eigenvalue weighted by molar-refractivity contribution is -0.192. The summed E-state index contributed by atoms with van der Waals surface area (Å²) in [7, 11) is 0. The molecule has 0 spiro atoms. The van der Waals surface area contributed by atoms with Gasteiger partial charge in [-0.25, -0.2) is 4.79 Å². The Morgan fingerprint density at radius 2 is 1.68 bits per heavy atom. The molecule has 1 amide bonds. The van der Waals surface area contributed by atoms with Crippen molar-refractivity contribution in [3.05, 3.63) is 35.9 Å². The first-order valence-corrected chi connectivity index (χ1v) is 9.58. The van der Waals surface area contributed by atoms with E-state index in [1.807, 2.05) is 6.07 Å². The van der Waals surface area contributed by atoms with Gasteiger partial charge in [-0.3, -0.25) is 4.79 Å². The van der Waals surface area contributed by atoms with Crippen molar-refractivity contribution in [2.24, 2.45) is 17.6 Å². The maximum absolute atomic E-state index is 12.8. The van der Waals surface area contributed by atoms with Gasteiger partial charge in [0.05, 0.1) is 0 Å². The zero-order chi connectivity index (χ0) is 20.7. The van der Waals surface area contributed by atoms with Gasteiger partial charge in [-0.05, 0) is 37.3 Å². The van der Waals surface area contributed by atoms with E-state index in [1.165, 1.54) is 37.7 Å². The number of nitrogens with two attached hydrogens (primary N) is 1. The van der Waals surface area contributed by atoms with E-state index >= 15 is 0 Å². The number of carboxylic acid groups (broad SMARTS) is 1. The number of halogens is 3. The third-order valence-electron chi connectivity index (χ3n) is 5.28. The molecule has 28 heavy (non-hydrogen) atoms. The zero-order valence-electron chi connectivity index (χ0n) is 15.7. The zero-order valence-corrected chi connectivity index (χ0v) is 15.7. The topological polar surface area (TPSA) is 83.6 Å². The molecule has 3 N–H and O–H groups in total. The summed E-state index contributed by atoms with van der Waals surface area (Å²) in [5.74, 6) is -1.78. The Balaban J connectivity index is 0.000000345. The Morgan fingerprint density at radius 3 is 2.14 bits per heavy atom. The molecule has 2 aliphatic rings. The van der Waals surface area contributed by atoms with E-state index < -0.39 is 12.1 Å². The minimum atomic E-state index is -5.08. The van der Waals surface area contributed by atoms with Gasteiger partial charge in [0.25, 0.3) is 0 Å². The number of benzene rings is 1. The fraction of sp³-hybridized carbons (Fsp3) is 0.600. The van der Waals surface area contributed by atoms with Crippen LogP contribution in [-0.4, -0.2) is 40.6 Å². The van der Waals surface area contributed by atoms with E-state index in [-0.39, 0.29) is 5.92 Å². The van der Waals surface area contributed by atoms with Crippen LogP contribution in [0, 0.1) is 11.8 Å². The van der Waals surface area contributed by atoms with Crippen molar-refractivity contribution in [2.45, 2.75) is 57.3 Å². The Kier molecular flexibility index (Phi) is 7.86. The third-order valence-corrected chi connectivity index (χ3v) is 5.28. The van der Waals surface area contributed by atoms with Crippen molar-refractivity contribution in [1.29, 1.82) is 0 Å². The van der Waals surface area contributed by atoms with Crippen molar-refractivity contribution in [2.75, 3.05) is 6.54 Å². The number of hydrogen-bond acceptors (Lipinski definition) is 3. The Hall–Kier alpha value is -2.09. The van der Waals surface area contributed by atoms with Crippen LogP contribution in [0.5, 0.6) is 0 Å². The van der Waals surface area contributed by atoms with E-state index in [2.05, 4.69) is 29.2 Å². The second-order valence-corrected chi connectivity index (χ2v) is 7.38. The summed E-state index contributed by atoms with van der Waals surface area (Å²) in [4.78, 5) is 23.9. The normalized spacial score (nSPS) is 22.0. The number of alkyl halides is 3. The minimum absolute atomic E-state index is 0.195. The van der Waals surface area contributed by atoms with Gasteiger partial charge in [-0.15, -0.1) is 0 Å². The molecule has 5 nitrogen and oxygen atoms in total. The number of amides is 1. The molecular weight excluding hydrogens is 373 g/mol. The molecule has 2 atom stereocenters. The fourth-order valence-corrected chi connectivity index (χ4v) is 3.58. The molecule has 0 aliphatic heterocycles.